The van der Waals surface area contributed by atoms with Gasteiger partial charge in [0, 0.05) is 9.35 Å². The highest BCUT2D eigenvalue weighted by Gasteiger charge is 2.20. The van der Waals surface area contributed by atoms with E-state index in [0.29, 0.717) is 11.8 Å². The number of alkyl halides is 1. The number of hydrogen-bond donors (Lipinski definition) is 0. The van der Waals surface area contributed by atoms with Crippen LogP contribution >= 0.6 is 43.2 Å². The van der Waals surface area contributed by atoms with E-state index in [4.69, 9.17) is 0 Å². The first kappa shape index (κ1) is 16.3. The van der Waals surface area contributed by atoms with Crippen molar-refractivity contribution in [1.82, 2.24) is 0 Å². The Morgan fingerprint density at radius 2 is 1.65 bits per heavy atom. The molecule has 0 nitrogen and oxygen atoms in total. The molecule has 0 spiro atoms. The third-order valence-corrected chi connectivity index (χ3v) is 6.74. The minimum Gasteiger partial charge on any atom is -0.146 e. The highest BCUT2D eigenvalue weighted by molar-refractivity contribution is 9.11. The molecule has 0 amide bonds. The molecule has 1 atom stereocenters. The van der Waals surface area contributed by atoms with Crippen LogP contribution in [-0.4, -0.2) is 0 Å². The van der Waals surface area contributed by atoms with Gasteiger partial charge in [0.25, 0.3) is 0 Å². The second kappa shape index (κ2) is 6.76. The van der Waals surface area contributed by atoms with Gasteiger partial charge >= 0.3 is 0 Å². The molecule has 1 aromatic heterocycles. The normalized spacial score (nSPS) is 13.2. The fraction of sp³-hybridized carbons (Fsp3) is 0.412. The molecule has 1 unspecified atom stereocenters. The highest BCUT2D eigenvalue weighted by Crippen LogP contribution is 2.42. The molecule has 0 fully saturated rings. The van der Waals surface area contributed by atoms with Gasteiger partial charge in [-0.2, -0.15) is 0 Å². The van der Waals surface area contributed by atoms with Crippen LogP contribution in [0.5, 0.6) is 0 Å². The van der Waals surface area contributed by atoms with E-state index in [0.717, 1.165) is 0 Å². The summed E-state index contributed by atoms with van der Waals surface area (Å²) in [5.41, 5.74) is 4.24. The Bertz CT molecular complexity index is 584. The van der Waals surface area contributed by atoms with Gasteiger partial charge in [-0.15, -0.1) is 11.3 Å². The van der Waals surface area contributed by atoms with E-state index in [-0.39, 0.29) is 4.83 Å². The van der Waals surface area contributed by atoms with Crippen LogP contribution in [0.15, 0.2) is 34.1 Å². The lowest BCUT2D eigenvalue weighted by Gasteiger charge is -2.20. The van der Waals surface area contributed by atoms with E-state index < -0.39 is 0 Å². The van der Waals surface area contributed by atoms with Gasteiger partial charge in [-0.25, -0.2) is 0 Å². The summed E-state index contributed by atoms with van der Waals surface area (Å²) >= 11 is 9.32. The molecule has 0 aliphatic rings. The maximum Gasteiger partial charge on any atom is 0.0752 e. The van der Waals surface area contributed by atoms with Crippen molar-refractivity contribution in [2.24, 2.45) is 0 Å². The standard InChI is InChI=1S/C17H20Br2S/c1-10(2)12-5-6-13(14(9-12)11(3)4)16(19)17-15(18)7-8-20-17/h5-11,16H,1-4H3. The van der Waals surface area contributed by atoms with Crippen molar-refractivity contribution in [3.05, 3.63) is 55.7 Å². The maximum absolute atomic E-state index is 3.89. The summed E-state index contributed by atoms with van der Waals surface area (Å²) in [6.45, 7) is 9.04. The second-order valence-corrected chi connectivity index (χ2v) is 8.41. The quantitative estimate of drug-likeness (QED) is 0.461. The Balaban J connectivity index is 2.48. The molecule has 0 aliphatic heterocycles. The molecule has 2 rings (SSSR count). The third kappa shape index (κ3) is 3.37. The van der Waals surface area contributed by atoms with Gasteiger partial charge in [-0.3, -0.25) is 0 Å². The monoisotopic (exact) mass is 414 g/mol. The molecule has 0 N–H and O–H groups in total. The Morgan fingerprint density at radius 1 is 0.950 bits per heavy atom. The van der Waals surface area contributed by atoms with Crippen LogP contribution in [0.4, 0.5) is 0 Å². The van der Waals surface area contributed by atoms with Crippen molar-refractivity contribution in [1.29, 1.82) is 0 Å². The topological polar surface area (TPSA) is 0 Å². The molecule has 20 heavy (non-hydrogen) atoms. The maximum atomic E-state index is 3.89. The Labute approximate surface area is 142 Å². The van der Waals surface area contributed by atoms with E-state index in [1.807, 2.05) is 0 Å². The van der Waals surface area contributed by atoms with Crippen LogP contribution in [0, 0.1) is 0 Å². The zero-order chi connectivity index (χ0) is 14.9. The highest BCUT2D eigenvalue weighted by atomic mass is 79.9. The zero-order valence-corrected chi connectivity index (χ0v) is 16.3. The lowest BCUT2D eigenvalue weighted by molar-refractivity contribution is 0.821. The van der Waals surface area contributed by atoms with E-state index in [2.05, 4.69) is 89.2 Å². The van der Waals surface area contributed by atoms with Crippen LogP contribution in [0.25, 0.3) is 0 Å². The second-order valence-electron chi connectivity index (χ2n) is 5.69. The summed E-state index contributed by atoms with van der Waals surface area (Å²) in [4.78, 5) is 1.60. The SMILES string of the molecule is CC(C)c1ccc(C(Br)c2sccc2Br)c(C(C)C)c1. The van der Waals surface area contributed by atoms with Crippen molar-refractivity contribution < 1.29 is 0 Å². The van der Waals surface area contributed by atoms with Crippen LogP contribution in [0.2, 0.25) is 0 Å². The number of thiophene rings is 1. The van der Waals surface area contributed by atoms with Gasteiger partial charge in [0.05, 0.1) is 4.83 Å². The Morgan fingerprint density at radius 3 is 2.15 bits per heavy atom. The van der Waals surface area contributed by atoms with Crippen LogP contribution < -0.4 is 0 Å². The third-order valence-electron chi connectivity index (χ3n) is 3.55. The minimum absolute atomic E-state index is 0.260. The number of rotatable bonds is 4. The van der Waals surface area contributed by atoms with Crippen LogP contribution in [0.3, 0.4) is 0 Å². The summed E-state index contributed by atoms with van der Waals surface area (Å²) in [5.74, 6) is 1.10. The van der Waals surface area contributed by atoms with Gasteiger partial charge in [-0.05, 0) is 55.9 Å². The van der Waals surface area contributed by atoms with Gasteiger partial charge in [0.15, 0.2) is 0 Å². The molecule has 0 saturated heterocycles. The molecule has 2 aromatic rings. The van der Waals surface area contributed by atoms with Crippen molar-refractivity contribution in [2.45, 2.75) is 44.4 Å². The molecular weight excluding hydrogens is 396 g/mol. The number of halogens is 2. The van der Waals surface area contributed by atoms with Crippen molar-refractivity contribution in [3.8, 4) is 0 Å². The van der Waals surface area contributed by atoms with E-state index in [9.17, 15) is 0 Å². The summed E-state index contributed by atoms with van der Waals surface area (Å²) in [7, 11) is 0. The lowest BCUT2D eigenvalue weighted by Crippen LogP contribution is -2.02. The van der Waals surface area contributed by atoms with Crippen molar-refractivity contribution in [2.75, 3.05) is 0 Å². The molecule has 0 aliphatic carbocycles. The van der Waals surface area contributed by atoms with E-state index in [1.165, 1.54) is 26.0 Å². The first-order valence-electron chi connectivity index (χ1n) is 6.92. The van der Waals surface area contributed by atoms with E-state index >= 15 is 0 Å². The summed E-state index contributed by atoms with van der Waals surface area (Å²) in [5, 5.41) is 2.13. The average Bonchev–Trinajstić information content (AvgIpc) is 2.83. The minimum atomic E-state index is 0.260. The molecule has 3 heteroatoms. The predicted octanol–water partition coefficient (Wildman–Crippen LogP) is 7.24. The zero-order valence-electron chi connectivity index (χ0n) is 12.3. The predicted molar refractivity (Wildman–Crippen MR) is 97.4 cm³/mol. The van der Waals surface area contributed by atoms with Crippen molar-refractivity contribution in [3.63, 3.8) is 0 Å². The summed E-state index contributed by atoms with van der Waals surface area (Å²) in [6.07, 6.45) is 0. The van der Waals surface area contributed by atoms with Gasteiger partial charge < -0.3 is 0 Å². The van der Waals surface area contributed by atoms with Crippen LogP contribution in [0.1, 0.15) is 65.9 Å². The molecule has 1 heterocycles. The summed E-state index contributed by atoms with van der Waals surface area (Å²) in [6, 6.07) is 9.05. The Kier molecular flexibility index (Phi) is 5.49. The van der Waals surface area contributed by atoms with Gasteiger partial charge in [-0.1, -0.05) is 61.8 Å². The molecular formula is C17H20Br2S. The lowest BCUT2D eigenvalue weighted by atomic mass is 9.90. The smallest absolute Gasteiger partial charge is 0.0752 e. The largest absolute Gasteiger partial charge is 0.146 e. The molecule has 0 saturated carbocycles. The molecule has 0 bridgehead atoms. The van der Waals surface area contributed by atoms with E-state index in [1.54, 1.807) is 11.3 Å². The fourth-order valence-electron chi connectivity index (χ4n) is 2.31. The molecule has 0 radical (unpaired) electrons. The van der Waals surface area contributed by atoms with Crippen LogP contribution in [-0.2, 0) is 0 Å². The number of hydrogen-bond acceptors (Lipinski definition) is 1. The molecule has 108 valence electrons. The van der Waals surface area contributed by atoms with Gasteiger partial charge in [0.1, 0.15) is 0 Å². The average molecular weight is 416 g/mol. The first-order valence-corrected chi connectivity index (χ1v) is 9.51. The van der Waals surface area contributed by atoms with Gasteiger partial charge in [0.2, 0.25) is 0 Å². The molecule has 1 aromatic carbocycles. The fourth-order valence-corrected chi connectivity index (χ4v) is 5.20. The van der Waals surface area contributed by atoms with Crippen molar-refractivity contribution >= 4 is 43.2 Å². The first-order chi connectivity index (χ1) is 9.41. The summed E-state index contributed by atoms with van der Waals surface area (Å²) < 4.78 is 1.19. The number of benzene rings is 1. The Hall–Kier alpha value is -0.120.